The summed E-state index contributed by atoms with van der Waals surface area (Å²) in [5, 5.41) is 4.28. The molecule has 0 bridgehead atoms. The summed E-state index contributed by atoms with van der Waals surface area (Å²) >= 11 is 7.79. The van der Waals surface area contributed by atoms with Crippen molar-refractivity contribution in [2.75, 3.05) is 12.3 Å². The number of nitrogens with one attached hydrogen (secondary N) is 1. The van der Waals surface area contributed by atoms with Crippen molar-refractivity contribution in [1.82, 2.24) is 5.32 Å². The van der Waals surface area contributed by atoms with E-state index in [2.05, 4.69) is 25.2 Å². The van der Waals surface area contributed by atoms with Gasteiger partial charge >= 0.3 is 0 Å². The summed E-state index contributed by atoms with van der Waals surface area (Å²) in [7, 11) is 0. The average Bonchev–Trinajstić information content (AvgIpc) is 2.24. The molecule has 0 aliphatic carbocycles. The highest BCUT2D eigenvalue weighted by molar-refractivity contribution is 7.99. The van der Waals surface area contributed by atoms with Crippen LogP contribution in [-0.2, 0) is 0 Å². The summed E-state index contributed by atoms with van der Waals surface area (Å²) in [5.74, 6) is 1.10. The Morgan fingerprint density at radius 1 is 1.40 bits per heavy atom. The highest BCUT2D eigenvalue weighted by Gasteiger charge is 2.04. The Labute approximate surface area is 102 Å². The fourth-order valence-corrected chi connectivity index (χ4v) is 2.75. The zero-order chi connectivity index (χ0) is 11.1. The first-order valence-corrected chi connectivity index (χ1v) is 6.74. The van der Waals surface area contributed by atoms with Crippen molar-refractivity contribution < 1.29 is 0 Å². The van der Waals surface area contributed by atoms with E-state index in [1.807, 2.05) is 30.0 Å². The van der Waals surface area contributed by atoms with E-state index in [0.29, 0.717) is 6.04 Å². The fraction of sp³-hybridized carbons (Fsp3) is 0.500. The molecule has 1 aromatic carbocycles. The minimum absolute atomic E-state index is 0.596. The molecule has 1 atom stereocenters. The van der Waals surface area contributed by atoms with Crippen LogP contribution >= 0.6 is 23.4 Å². The molecule has 0 aromatic heterocycles. The lowest BCUT2D eigenvalue weighted by molar-refractivity contribution is 0.560. The van der Waals surface area contributed by atoms with Crippen LogP contribution in [0.25, 0.3) is 0 Å². The summed E-state index contributed by atoms with van der Waals surface area (Å²) in [6.07, 6.45) is 1.17. The van der Waals surface area contributed by atoms with Gasteiger partial charge in [0.25, 0.3) is 0 Å². The quantitative estimate of drug-likeness (QED) is 0.763. The van der Waals surface area contributed by atoms with Gasteiger partial charge in [-0.25, -0.2) is 0 Å². The van der Waals surface area contributed by atoms with E-state index >= 15 is 0 Å². The predicted octanol–water partition coefficient (Wildman–Crippen LogP) is 3.82. The third-order valence-electron chi connectivity index (χ3n) is 2.23. The summed E-state index contributed by atoms with van der Waals surface area (Å²) in [4.78, 5) is 1.25. The van der Waals surface area contributed by atoms with Gasteiger partial charge in [0.05, 0.1) is 0 Å². The molecule has 1 N–H and O–H groups in total. The van der Waals surface area contributed by atoms with E-state index in [9.17, 15) is 0 Å². The van der Waals surface area contributed by atoms with Gasteiger partial charge in [0.15, 0.2) is 0 Å². The van der Waals surface area contributed by atoms with Crippen molar-refractivity contribution in [1.29, 1.82) is 0 Å². The average molecular weight is 244 g/mol. The maximum atomic E-state index is 5.93. The summed E-state index contributed by atoms with van der Waals surface area (Å²) in [6.45, 7) is 5.40. The molecule has 3 heteroatoms. The zero-order valence-electron chi connectivity index (χ0n) is 9.29. The molecule has 15 heavy (non-hydrogen) atoms. The second-order valence-corrected chi connectivity index (χ2v) is 4.96. The molecule has 1 aromatic rings. The van der Waals surface area contributed by atoms with Crippen molar-refractivity contribution in [3.05, 3.63) is 29.3 Å². The number of hydrogen-bond donors (Lipinski definition) is 1. The monoisotopic (exact) mass is 243 g/mol. The van der Waals surface area contributed by atoms with E-state index < -0.39 is 0 Å². The Hall–Kier alpha value is -0.180. The number of rotatable bonds is 6. The summed E-state index contributed by atoms with van der Waals surface area (Å²) in [6, 6.07) is 8.63. The first-order chi connectivity index (χ1) is 7.26. The molecule has 0 heterocycles. The molecular weight excluding hydrogens is 226 g/mol. The normalized spacial score (nSPS) is 12.7. The van der Waals surface area contributed by atoms with E-state index in [0.717, 1.165) is 17.3 Å². The Morgan fingerprint density at radius 2 is 2.20 bits per heavy atom. The van der Waals surface area contributed by atoms with Crippen LogP contribution in [0.4, 0.5) is 0 Å². The molecule has 0 saturated carbocycles. The van der Waals surface area contributed by atoms with E-state index in [1.54, 1.807) is 0 Å². The predicted molar refractivity (Wildman–Crippen MR) is 69.9 cm³/mol. The van der Waals surface area contributed by atoms with Crippen molar-refractivity contribution in [2.45, 2.75) is 31.2 Å². The SMILES string of the molecule is CCNC(CC)CSc1cccc(Cl)c1. The van der Waals surface area contributed by atoms with Crippen LogP contribution in [0.1, 0.15) is 20.3 Å². The molecule has 0 fully saturated rings. The zero-order valence-corrected chi connectivity index (χ0v) is 10.9. The van der Waals surface area contributed by atoms with E-state index in [1.165, 1.54) is 11.3 Å². The van der Waals surface area contributed by atoms with Gasteiger partial charge in [-0.05, 0) is 31.2 Å². The van der Waals surface area contributed by atoms with Gasteiger partial charge in [0, 0.05) is 21.7 Å². The van der Waals surface area contributed by atoms with Crippen LogP contribution in [0, 0.1) is 0 Å². The van der Waals surface area contributed by atoms with Gasteiger partial charge in [-0.2, -0.15) is 0 Å². The second-order valence-electron chi connectivity index (χ2n) is 3.43. The topological polar surface area (TPSA) is 12.0 Å². The van der Waals surface area contributed by atoms with Crippen LogP contribution in [0.5, 0.6) is 0 Å². The minimum atomic E-state index is 0.596. The maximum absolute atomic E-state index is 5.93. The Balaban J connectivity index is 2.41. The molecule has 84 valence electrons. The van der Waals surface area contributed by atoms with Gasteiger partial charge < -0.3 is 5.32 Å². The molecule has 0 radical (unpaired) electrons. The third kappa shape index (κ3) is 4.92. The Bertz CT molecular complexity index is 291. The minimum Gasteiger partial charge on any atom is -0.313 e. The third-order valence-corrected chi connectivity index (χ3v) is 3.62. The number of thioether (sulfide) groups is 1. The molecule has 0 amide bonds. The number of halogens is 1. The van der Waals surface area contributed by atoms with Crippen LogP contribution < -0.4 is 5.32 Å². The molecule has 1 nitrogen and oxygen atoms in total. The number of hydrogen-bond acceptors (Lipinski definition) is 2. The standard InChI is InChI=1S/C12H18ClNS/c1-3-11(14-4-2)9-15-12-7-5-6-10(13)8-12/h5-8,11,14H,3-4,9H2,1-2H3. The molecule has 1 unspecified atom stereocenters. The van der Waals surface area contributed by atoms with E-state index in [4.69, 9.17) is 11.6 Å². The summed E-state index contributed by atoms with van der Waals surface area (Å²) < 4.78 is 0. The maximum Gasteiger partial charge on any atom is 0.0417 e. The smallest absolute Gasteiger partial charge is 0.0417 e. The molecule has 0 aliphatic heterocycles. The molecule has 0 aliphatic rings. The molecular formula is C12H18ClNS. The van der Waals surface area contributed by atoms with Gasteiger partial charge in [-0.3, -0.25) is 0 Å². The van der Waals surface area contributed by atoms with Crippen LogP contribution in [0.2, 0.25) is 5.02 Å². The van der Waals surface area contributed by atoms with Crippen molar-refractivity contribution in [3.63, 3.8) is 0 Å². The largest absolute Gasteiger partial charge is 0.313 e. The summed E-state index contributed by atoms with van der Waals surface area (Å²) in [5.41, 5.74) is 0. The Kier molecular flexibility index (Phi) is 6.15. The highest BCUT2D eigenvalue weighted by Crippen LogP contribution is 2.22. The molecule has 0 spiro atoms. The van der Waals surface area contributed by atoms with Crippen LogP contribution in [0.3, 0.4) is 0 Å². The lowest BCUT2D eigenvalue weighted by Crippen LogP contribution is -2.30. The lowest BCUT2D eigenvalue weighted by Gasteiger charge is -2.14. The van der Waals surface area contributed by atoms with Crippen molar-refractivity contribution in [2.24, 2.45) is 0 Å². The first kappa shape index (κ1) is 12.9. The molecule has 0 saturated heterocycles. The van der Waals surface area contributed by atoms with Gasteiger partial charge in [0.2, 0.25) is 0 Å². The van der Waals surface area contributed by atoms with Crippen LogP contribution in [-0.4, -0.2) is 18.3 Å². The highest BCUT2D eigenvalue weighted by atomic mass is 35.5. The van der Waals surface area contributed by atoms with Crippen LogP contribution in [0.15, 0.2) is 29.2 Å². The fourth-order valence-electron chi connectivity index (χ4n) is 1.36. The Morgan fingerprint density at radius 3 is 2.80 bits per heavy atom. The van der Waals surface area contributed by atoms with Gasteiger partial charge in [-0.1, -0.05) is 31.5 Å². The second kappa shape index (κ2) is 7.15. The lowest BCUT2D eigenvalue weighted by atomic mass is 10.2. The first-order valence-electron chi connectivity index (χ1n) is 5.38. The van der Waals surface area contributed by atoms with Crippen molar-refractivity contribution in [3.8, 4) is 0 Å². The van der Waals surface area contributed by atoms with Gasteiger partial charge in [0.1, 0.15) is 0 Å². The van der Waals surface area contributed by atoms with Gasteiger partial charge in [-0.15, -0.1) is 11.8 Å². The van der Waals surface area contributed by atoms with E-state index in [-0.39, 0.29) is 0 Å². The number of benzene rings is 1. The molecule has 1 rings (SSSR count). The van der Waals surface area contributed by atoms with Crippen molar-refractivity contribution >= 4 is 23.4 Å².